The van der Waals surface area contributed by atoms with E-state index in [2.05, 4.69) is 39.7 Å². The third-order valence-corrected chi connectivity index (χ3v) is 6.96. The number of aryl methyl sites for hydroxylation is 1. The molecular formula is C22H37N5O. The van der Waals surface area contributed by atoms with Crippen molar-refractivity contribution >= 4 is 5.91 Å². The van der Waals surface area contributed by atoms with Gasteiger partial charge in [0.15, 0.2) is 0 Å². The van der Waals surface area contributed by atoms with E-state index in [9.17, 15) is 4.79 Å². The summed E-state index contributed by atoms with van der Waals surface area (Å²) >= 11 is 0. The minimum atomic E-state index is 0.212. The van der Waals surface area contributed by atoms with Crippen LogP contribution in [0.15, 0.2) is 6.07 Å². The fourth-order valence-electron chi connectivity index (χ4n) is 4.84. The Balaban J connectivity index is 1.28. The normalized spacial score (nSPS) is 22.7. The van der Waals surface area contributed by atoms with E-state index in [4.69, 9.17) is 5.10 Å². The van der Waals surface area contributed by atoms with Crippen molar-refractivity contribution in [2.24, 2.45) is 11.8 Å². The molecule has 2 aliphatic heterocycles. The highest BCUT2D eigenvalue weighted by Crippen LogP contribution is 2.26. The van der Waals surface area contributed by atoms with Crippen molar-refractivity contribution in [1.29, 1.82) is 0 Å². The predicted molar refractivity (Wildman–Crippen MR) is 111 cm³/mol. The van der Waals surface area contributed by atoms with Gasteiger partial charge in [-0.05, 0) is 71.0 Å². The minimum Gasteiger partial charge on any atom is -0.350 e. The van der Waals surface area contributed by atoms with Gasteiger partial charge >= 0.3 is 0 Å². The van der Waals surface area contributed by atoms with Crippen molar-refractivity contribution in [3.63, 3.8) is 0 Å². The number of nitrogens with one attached hydrogen (secondary N) is 1. The second-order valence-electron chi connectivity index (χ2n) is 9.36. The van der Waals surface area contributed by atoms with Crippen LogP contribution in [0.1, 0.15) is 63.8 Å². The van der Waals surface area contributed by atoms with Crippen molar-refractivity contribution in [2.75, 3.05) is 26.2 Å². The molecule has 28 heavy (non-hydrogen) atoms. The third kappa shape index (κ3) is 4.77. The van der Waals surface area contributed by atoms with Gasteiger partial charge in [0.1, 0.15) is 0 Å². The molecule has 0 spiro atoms. The van der Waals surface area contributed by atoms with Crippen LogP contribution in [-0.4, -0.2) is 57.7 Å². The second-order valence-corrected chi connectivity index (χ2v) is 9.36. The standard InChI is InChI=1S/C22H37N5O/c1-17(2)26-11-7-18(8-12-26)15-25-9-4-10-27-21(16-25)13-20(24-27)14-23-22(28)19-5-3-6-19/h13,17-19H,3-12,14-16H2,1-2H3,(H,23,28). The van der Waals surface area contributed by atoms with Crippen molar-refractivity contribution in [3.05, 3.63) is 17.5 Å². The van der Waals surface area contributed by atoms with Crippen LogP contribution in [0.3, 0.4) is 0 Å². The molecule has 0 unspecified atom stereocenters. The van der Waals surface area contributed by atoms with E-state index in [1.54, 1.807) is 0 Å². The van der Waals surface area contributed by atoms with Gasteiger partial charge in [0.05, 0.1) is 17.9 Å². The van der Waals surface area contributed by atoms with E-state index in [0.717, 1.165) is 44.0 Å². The molecule has 0 aromatic carbocycles. The van der Waals surface area contributed by atoms with Crippen LogP contribution in [0.25, 0.3) is 0 Å². The molecule has 0 radical (unpaired) electrons. The molecule has 3 heterocycles. The van der Waals surface area contributed by atoms with Crippen molar-refractivity contribution in [3.8, 4) is 0 Å². The number of carbonyl (C=O) groups excluding carboxylic acids is 1. The number of piperidine rings is 1. The van der Waals surface area contributed by atoms with E-state index in [1.807, 2.05) is 0 Å². The van der Waals surface area contributed by atoms with E-state index in [-0.39, 0.29) is 11.8 Å². The van der Waals surface area contributed by atoms with Gasteiger partial charge in [-0.3, -0.25) is 14.4 Å². The summed E-state index contributed by atoms with van der Waals surface area (Å²) in [6.07, 6.45) is 7.11. The smallest absolute Gasteiger partial charge is 0.223 e. The highest BCUT2D eigenvalue weighted by Gasteiger charge is 2.26. The fourth-order valence-corrected chi connectivity index (χ4v) is 4.84. The topological polar surface area (TPSA) is 53.4 Å². The Bertz CT molecular complexity index is 658. The van der Waals surface area contributed by atoms with Gasteiger partial charge in [-0.25, -0.2) is 0 Å². The quantitative estimate of drug-likeness (QED) is 0.815. The first kappa shape index (κ1) is 19.9. The van der Waals surface area contributed by atoms with Crippen molar-refractivity contribution in [1.82, 2.24) is 24.9 Å². The van der Waals surface area contributed by atoms with Gasteiger partial charge < -0.3 is 10.2 Å². The van der Waals surface area contributed by atoms with E-state index in [0.29, 0.717) is 12.6 Å². The van der Waals surface area contributed by atoms with Gasteiger partial charge in [-0.2, -0.15) is 5.10 Å². The number of hydrogen-bond donors (Lipinski definition) is 1. The maximum Gasteiger partial charge on any atom is 0.223 e. The Labute approximate surface area is 169 Å². The van der Waals surface area contributed by atoms with Crippen LogP contribution in [0.4, 0.5) is 0 Å². The van der Waals surface area contributed by atoms with E-state index >= 15 is 0 Å². The van der Waals surface area contributed by atoms with Crippen molar-refractivity contribution in [2.45, 2.75) is 78.0 Å². The van der Waals surface area contributed by atoms with Gasteiger partial charge in [-0.15, -0.1) is 0 Å². The first-order valence-electron chi connectivity index (χ1n) is 11.4. The molecule has 2 fully saturated rings. The number of amides is 1. The zero-order chi connectivity index (χ0) is 19.5. The molecule has 1 aliphatic carbocycles. The molecule has 6 heteroatoms. The Kier molecular flexibility index (Phi) is 6.36. The maximum absolute atomic E-state index is 12.1. The maximum atomic E-state index is 12.1. The highest BCUT2D eigenvalue weighted by molar-refractivity contribution is 5.79. The molecule has 1 amide bonds. The van der Waals surface area contributed by atoms with Crippen LogP contribution < -0.4 is 5.32 Å². The lowest BCUT2D eigenvalue weighted by atomic mass is 9.85. The van der Waals surface area contributed by atoms with Crippen LogP contribution in [0.5, 0.6) is 0 Å². The van der Waals surface area contributed by atoms with E-state index in [1.165, 1.54) is 51.1 Å². The summed E-state index contributed by atoms with van der Waals surface area (Å²) in [6.45, 7) is 12.1. The zero-order valence-corrected chi connectivity index (χ0v) is 17.7. The Morgan fingerprint density at radius 3 is 2.61 bits per heavy atom. The fraction of sp³-hybridized carbons (Fsp3) is 0.818. The average Bonchev–Trinajstić information content (AvgIpc) is 2.91. The molecule has 1 saturated carbocycles. The Morgan fingerprint density at radius 2 is 1.93 bits per heavy atom. The summed E-state index contributed by atoms with van der Waals surface area (Å²) in [4.78, 5) is 17.3. The molecule has 3 aliphatic rings. The van der Waals surface area contributed by atoms with Crippen LogP contribution >= 0.6 is 0 Å². The number of rotatable bonds is 6. The number of fused-ring (bicyclic) bond motifs is 1. The molecule has 0 atom stereocenters. The summed E-state index contributed by atoms with van der Waals surface area (Å²) in [5.74, 6) is 1.28. The second kappa shape index (κ2) is 8.95. The highest BCUT2D eigenvalue weighted by atomic mass is 16.1. The minimum absolute atomic E-state index is 0.212. The van der Waals surface area contributed by atoms with Gasteiger partial charge in [0.25, 0.3) is 0 Å². The monoisotopic (exact) mass is 387 g/mol. The van der Waals surface area contributed by atoms with Crippen molar-refractivity contribution < 1.29 is 4.79 Å². The average molecular weight is 388 g/mol. The molecule has 4 rings (SSSR count). The lowest BCUT2D eigenvalue weighted by Gasteiger charge is -2.36. The number of hydrogen-bond acceptors (Lipinski definition) is 4. The molecule has 1 saturated heterocycles. The molecular weight excluding hydrogens is 350 g/mol. The van der Waals surface area contributed by atoms with Gasteiger partial charge in [-0.1, -0.05) is 6.42 Å². The molecule has 1 N–H and O–H groups in total. The number of carbonyl (C=O) groups is 1. The number of nitrogens with zero attached hydrogens (tertiary/aromatic N) is 4. The molecule has 6 nitrogen and oxygen atoms in total. The van der Waals surface area contributed by atoms with Crippen LogP contribution in [0, 0.1) is 11.8 Å². The van der Waals surface area contributed by atoms with Gasteiger partial charge in [0.2, 0.25) is 5.91 Å². The molecule has 0 bridgehead atoms. The number of likely N-dealkylation sites (tertiary alicyclic amines) is 1. The number of aromatic nitrogens is 2. The Hall–Kier alpha value is -1.40. The SMILES string of the molecule is CC(C)N1CCC(CN2CCCn3nc(CNC(=O)C4CCC4)cc3C2)CC1. The predicted octanol–water partition coefficient (Wildman–Crippen LogP) is 2.63. The summed E-state index contributed by atoms with van der Waals surface area (Å²) in [6, 6.07) is 2.89. The first-order valence-corrected chi connectivity index (χ1v) is 11.4. The third-order valence-electron chi connectivity index (χ3n) is 6.96. The molecule has 1 aromatic heterocycles. The first-order chi connectivity index (χ1) is 13.6. The lowest BCUT2D eigenvalue weighted by Crippen LogP contribution is -2.41. The summed E-state index contributed by atoms with van der Waals surface area (Å²) in [5, 5.41) is 7.85. The largest absolute Gasteiger partial charge is 0.350 e. The molecule has 1 aromatic rings. The summed E-state index contributed by atoms with van der Waals surface area (Å²) in [7, 11) is 0. The van der Waals surface area contributed by atoms with Gasteiger partial charge in [0, 0.05) is 38.1 Å². The Morgan fingerprint density at radius 1 is 1.14 bits per heavy atom. The molecule has 156 valence electrons. The van der Waals surface area contributed by atoms with Crippen LogP contribution in [0.2, 0.25) is 0 Å². The van der Waals surface area contributed by atoms with Crippen LogP contribution in [-0.2, 0) is 24.4 Å². The zero-order valence-electron chi connectivity index (χ0n) is 17.7. The summed E-state index contributed by atoms with van der Waals surface area (Å²) in [5.41, 5.74) is 2.32. The van der Waals surface area contributed by atoms with E-state index < -0.39 is 0 Å². The summed E-state index contributed by atoms with van der Waals surface area (Å²) < 4.78 is 2.17. The lowest BCUT2D eigenvalue weighted by molar-refractivity contribution is -0.127.